The highest BCUT2D eigenvalue weighted by Gasteiger charge is 2.21. The number of nitriles is 2. The molecule has 0 heterocycles. The van der Waals surface area contributed by atoms with Crippen LogP contribution in [0.15, 0.2) is 60.7 Å². The van der Waals surface area contributed by atoms with Crippen molar-refractivity contribution in [2.45, 2.75) is 0 Å². The van der Waals surface area contributed by atoms with Crippen molar-refractivity contribution in [3.05, 3.63) is 102 Å². The molecule has 0 saturated carbocycles. The van der Waals surface area contributed by atoms with Gasteiger partial charge in [0.05, 0.1) is 33.3 Å². The summed E-state index contributed by atoms with van der Waals surface area (Å²) >= 11 is 37.7. The molecule has 172 valence electrons. The van der Waals surface area contributed by atoms with E-state index in [1.165, 1.54) is 24.3 Å². The monoisotopic (exact) mass is 576 g/mol. The summed E-state index contributed by atoms with van der Waals surface area (Å²) in [6.07, 6.45) is 0. The van der Waals surface area contributed by atoms with E-state index in [0.29, 0.717) is 53.8 Å². The normalized spacial score (nSPS) is 10.5. The Balaban J connectivity index is 1.94. The molecular weight excluding hydrogens is 569 g/mol. The number of halogens is 6. The first-order valence-electron chi connectivity index (χ1n) is 9.77. The Morgan fingerprint density at radius 3 is 1.29 bits per heavy atom. The minimum absolute atomic E-state index is 0.249. The quantitative estimate of drug-likeness (QED) is 0.242. The topological polar surface area (TPSA) is 56.8 Å². The first kappa shape index (κ1) is 25.5. The van der Waals surface area contributed by atoms with Gasteiger partial charge in [-0.3, -0.25) is 0 Å². The molecule has 0 spiro atoms. The van der Waals surface area contributed by atoms with Crippen LogP contribution in [-0.2, 0) is 0 Å². The molecule has 0 amide bonds. The SMILES string of the molecule is N#Cc1cc(Cl)cc(Cl)c1-c1cc(Cl)ccc1Oc1ccc(Cl)cc1-c1c(Cl)cc(Cl)cc1C#N. The first-order valence-corrected chi connectivity index (χ1v) is 12.0. The van der Waals surface area contributed by atoms with Crippen LogP contribution in [-0.4, -0.2) is 0 Å². The van der Waals surface area contributed by atoms with Gasteiger partial charge in [-0.2, -0.15) is 10.5 Å². The molecule has 3 nitrogen and oxygen atoms in total. The van der Waals surface area contributed by atoms with E-state index < -0.39 is 0 Å². The van der Waals surface area contributed by atoms with Gasteiger partial charge in [0.25, 0.3) is 0 Å². The lowest BCUT2D eigenvalue weighted by Gasteiger charge is -2.18. The van der Waals surface area contributed by atoms with E-state index in [1.54, 1.807) is 36.4 Å². The fourth-order valence-electron chi connectivity index (χ4n) is 3.56. The molecule has 0 saturated heterocycles. The Kier molecular flexibility index (Phi) is 7.70. The van der Waals surface area contributed by atoms with Crippen molar-refractivity contribution in [3.8, 4) is 45.9 Å². The second-order valence-electron chi connectivity index (χ2n) is 7.23. The first-order chi connectivity index (χ1) is 16.7. The van der Waals surface area contributed by atoms with Crippen molar-refractivity contribution in [2.24, 2.45) is 0 Å². The number of ether oxygens (including phenoxy) is 1. The lowest BCUT2D eigenvalue weighted by Crippen LogP contribution is -1.95. The minimum Gasteiger partial charge on any atom is -0.456 e. The Labute approximate surface area is 231 Å². The fraction of sp³-hybridized carbons (Fsp3) is 0. The predicted molar refractivity (Wildman–Crippen MR) is 143 cm³/mol. The van der Waals surface area contributed by atoms with E-state index in [2.05, 4.69) is 12.1 Å². The van der Waals surface area contributed by atoms with E-state index in [4.69, 9.17) is 74.3 Å². The largest absolute Gasteiger partial charge is 0.456 e. The van der Waals surface area contributed by atoms with Crippen molar-refractivity contribution >= 4 is 69.6 Å². The summed E-state index contributed by atoms with van der Waals surface area (Å²) in [6.45, 7) is 0. The van der Waals surface area contributed by atoms with Crippen LogP contribution in [0.4, 0.5) is 0 Å². The average molecular weight is 579 g/mol. The van der Waals surface area contributed by atoms with Crippen molar-refractivity contribution in [3.63, 3.8) is 0 Å². The zero-order chi connectivity index (χ0) is 25.3. The van der Waals surface area contributed by atoms with E-state index in [0.717, 1.165) is 0 Å². The minimum atomic E-state index is 0.249. The van der Waals surface area contributed by atoms with E-state index in [9.17, 15) is 10.5 Å². The van der Waals surface area contributed by atoms with Gasteiger partial charge in [-0.1, -0.05) is 69.6 Å². The summed E-state index contributed by atoms with van der Waals surface area (Å²) in [5.41, 5.74) is 2.26. The number of rotatable bonds is 4. The third-order valence-corrected chi connectivity index (χ3v) is 6.50. The lowest BCUT2D eigenvalue weighted by atomic mass is 9.98. The highest BCUT2D eigenvalue weighted by atomic mass is 35.5. The van der Waals surface area contributed by atoms with Crippen LogP contribution in [0.5, 0.6) is 11.5 Å². The van der Waals surface area contributed by atoms with Crippen molar-refractivity contribution in [1.29, 1.82) is 10.5 Å². The van der Waals surface area contributed by atoms with Crippen molar-refractivity contribution < 1.29 is 4.74 Å². The van der Waals surface area contributed by atoms with Crippen LogP contribution in [0.3, 0.4) is 0 Å². The van der Waals surface area contributed by atoms with Crippen LogP contribution in [0, 0.1) is 22.7 Å². The Morgan fingerprint density at radius 2 is 0.914 bits per heavy atom. The molecule has 4 rings (SSSR count). The van der Waals surface area contributed by atoms with Gasteiger partial charge in [0.2, 0.25) is 0 Å². The van der Waals surface area contributed by atoms with Gasteiger partial charge in [-0.05, 0) is 60.7 Å². The van der Waals surface area contributed by atoms with Gasteiger partial charge in [0.1, 0.15) is 11.5 Å². The lowest BCUT2D eigenvalue weighted by molar-refractivity contribution is 0.486. The Morgan fingerprint density at radius 1 is 0.514 bits per heavy atom. The summed E-state index contributed by atoms with van der Waals surface area (Å²) < 4.78 is 6.31. The van der Waals surface area contributed by atoms with Crippen LogP contribution in [0.1, 0.15) is 11.1 Å². The van der Waals surface area contributed by atoms with Crippen LogP contribution in [0.25, 0.3) is 22.3 Å². The Bertz CT molecular complexity index is 1450. The number of benzene rings is 4. The molecule has 4 aromatic carbocycles. The van der Waals surface area contributed by atoms with Crippen molar-refractivity contribution in [2.75, 3.05) is 0 Å². The molecule has 0 radical (unpaired) electrons. The second-order valence-corrected chi connectivity index (χ2v) is 9.79. The third kappa shape index (κ3) is 5.32. The number of hydrogen-bond donors (Lipinski definition) is 0. The molecular formula is C26H10Cl6N2O. The smallest absolute Gasteiger partial charge is 0.135 e. The summed E-state index contributed by atoms with van der Waals surface area (Å²) in [7, 11) is 0. The highest BCUT2D eigenvalue weighted by molar-refractivity contribution is 6.38. The van der Waals surface area contributed by atoms with Gasteiger partial charge in [-0.15, -0.1) is 0 Å². The molecule has 0 aromatic heterocycles. The molecule has 9 heteroatoms. The zero-order valence-corrected chi connectivity index (χ0v) is 21.9. The Hall–Kier alpha value is -2.60. The third-order valence-electron chi connectivity index (χ3n) is 4.99. The summed E-state index contributed by atoms with van der Waals surface area (Å²) in [5.74, 6) is 0.699. The molecule has 4 aromatic rings. The molecule has 0 aliphatic rings. The van der Waals surface area contributed by atoms with Gasteiger partial charge in [0.15, 0.2) is 0 Å². The van der Waals surface area contributed by atoms with Gasteiger partial charge in [-0.25, -0.2) is 0 Å². The maximum atomic E-state index is 9.70. The summed E-state index contributed by atoms with van der Waals surface area (Å²) in [4.78, 5) is 0. The van der Waals surface area contributed by atoms with Gasteiger partial charge in [0, 0.05) is 42.3 Å². The molecule has 35 heavy (non-hydrogen) atoms. The molecule has 0 aliphatic carbocycles. The number of hydrogen-bond acceptors (Lipinski definition) is 3. The van der Waals surface area contributed by atoms with E-state index >= 15 is 0 Å². The fourth-order valence-corrected chi connectivity index (χ4v) is 5.10. The molecule has 0 bridgehead atoms. The van der Waals surface area contributed by atoms with Gasteiger partial charge >= 0.3 is 0 Å². The van der Waals surface area contributed by atoms with E-state index in [1.807, 2.05) is 0 Å². The van der Waals surface area contributed by atoms with Crippen LogP contribution >= 0.6 is 69.6 Å². The zero-order valence-electron chi connectivity index (χ0n) is 17.3. The summed E-state index contributed by atoms with van der Waals surface area (Å²) in [6, 6.07) is 20.2. The highest BCUT2D eigenvalue weighted by Crippen LogP contribution is 2.45. The molecule has 0 atom stereocenters. The predicted octanol–water partition coefficient (Wildman–Crippen LogP) is 10.5. The van der Waals surface area contributed by atoms with Gasteiger partial charge < -0.3 is 4.74 Å². The van der Waals surface area contributed by atoms with Crippen molar-refractivity contribution in [1.82, 2.24) is 0 Å². The average Bonchev–Trinajstić information content (AvgIpc) is 2.80. The summed E-state index contributed by atoms with van der Waals surface area (Å²) in [5, 5.41) is 21.4. The van der Waals surface area contributed by atoms with Crippen LogP contribution in [0.2, 0.25) is 30.1 Å². The molecule has 0 fully saturated rings. The van der Waals surface area contributed by atoms with E-state index in [-0.39, 0.29) is 21.2 Å². The standard InChI is InChI=1S/C26H10Cl6N2O/c27-15-1-3-23(19(7-15)25-13(11-33)5-17(29)9-21(25)31)35-24-4-2-16(28)8-20(24)26-14(12-34)6-18(30)10-22(26)32/h1-10H. The molecule has 0 N–H and O–H groups in total. The maximum Gasteiger partial charge on any atom is 0.135 e. The van der Waals surface area contributed by atoms with Crippen LogP contribution < -0.4 is 4.74 Å². The number of nitrogens with zero attached hydrogens (tertiary/aromatic N) is 2. The molecule has 0 aliphatic heterocycles. The second kappa shape index (κ2) is 10.6. The molecule has 0 unspecified atom stereocenters. The maximum absolute atomic E-state index is 9.70.